The standard InChI is InChI=1S/C18H20N2O7S/c1-3-11-27-16-9-7-14(8-10-16)19(13(2)18(21)22)28(25,26)17-6-4-5-15(12-17)20(23)24/h4-10,12-13H,3,11H2,1-2H3,(H,21,22). The first-order chi connectivity index (χ1) is 13.2. The highest BCUT2D eigenvalue weighted by Crippen LogP contribution is 2.29. The van der Waals surface area contributed by atoms with Gasteiger partial charge < -0.3 is 9.84 Å². The van der Waals surface area contributed by atoms with Gasteiger partial charge in [-0.1, -0.05) is 13.0 Å². The van der Waals surface area contributed by atoms with Crippen LogP contribution in [0.5, 0.6) is 5.75 Å². The zero-order valence-electron chi connectivity index (χ0n) is 15.3. The first-order valence-electron chi connectivity index (χ1n) is 8.43. The number of anilines is 1. The average molecular weight is 408 g/mol. The number of carbonyl (C=O) groups is 1. The summed E-state index contributed by atoms with van der Waals surface area (Å²) in [5.74, 6) is -0.846. The lowest BCUT2D eigenvalue weighted by Gasteiger charge is -2.28. The van der Waals surface area contributed by atoms with Crippen LogP contribution < -0.4 is 9.04 Å². The minimum atomic E-state index is -4.38. The Morgan fingerprint density at radius 1 is 1.25 bits per heavy atom. The Morgan fingerprint density at radius 3 is 2.43 bits per heavy atom. The van der Waals surface area contributed by atoms with Crippen molar-refractivity contribution in [2.45, 2.75) is 31.2 Å². The number of sulfonamides is 1. The van der Waals surface area contributed by atoms with Gasteiger partial charge in [0.2, 0.25) is 0 Å². The average Bonchev–Trinajstić information content (AvgIpc) is 2.67. The van der Waals surface area contributed by atoms with Gasteiger partial charge in [-0.3, -0.25) is 14.4 Å². The largest absolute Gasteiger partial charge is 0.494 e. The number of rotatable bonds is 9. The van der Waals surface area contributed by atoms with E-state index in [4.69, 9.17) is 4.74 Å². The van der Waals surface area contributed by atoms with Crippen LogP contribution in [0, 0.1) is 10.1 Å². The molecule has 2 rings (SSSR count). The Kier molecular flexibility index (Phi) is 6.57. The minimum absolute atomic E-state index is 0.102. The van der Waals surface area contributed by atoms with Gasteiger partial charge in [0.15, 0.2) is 0 Å². The molecule has 10 heteroatoms. The van der Waals surface area contributed by atoms with Gasteiger partial charge in [-0.05, 0) is 43.7 Å². The Morgan fingerprint density at radius 2 is 1.89 bits per heavy atom. The van der Waals surface area contributed by atoms with E-state index in [2.05, 4.69) is 0 Å². The van der Waals surface area contributed by atoms with Crippen molar-refractivity contribution < 1.29 is 28.0 Å². The van der Waals surface area contributed by atoms with Crippen molar-refractivity contribution in [2.24, 2.45) is 0 Å². The number of aliphatic carboxylic acids is 1. The summed E-state index contributed by atoms with van der Waals surface area (Å²) in [6.45, 7) is 3.65. The number of carboxylic acids is 1. The van der Waals surface area contributed by atoms with Crippen molar-refractivity contribution in [3.63, 3.8) is 0 Å². The number of nitro groups is 1. The summed E-state index contributed by atoms with van der Waals surface area (Å²) in [6.07, 6.45) is 0.797. The molecular formula is C18H20N2O7S. The van der Waals surface area contributed by atoms with Gasteiger partial charge in [-0.15, -0.1) is 0 Å². The number of hydrogen-bond acceptors (Lipinski definition) is 6. The molecule has 0 aliphatic heterocycles. The summed E-state index contributed by atoms with van der Waals surface area (Å²) in [6, 6.07) is 8.97. The first-order valence-corrected chi connectivity index (χ1v) is 9.87. The summed E-state index contributed by atoms with van der Waals surface area (Å²) >= 11 is 0. The molecule has 150 valence electrons. The number of non-ortho nitro benzene ring substituents is 1. The maximum absolute atomic E-state index is 13.1. The van der Waals surface area contributed by atoms with Crippen molar-refractivity contribution in [3.8, 4) is 5.75 Å². The van der Waals surface area contributed by atoms with E-state index in [0.717, 1.165) is 22.9 Å². The maximum Gasteiger partial charge on any atom is 0.327 e. The topological polar surface area (TPSA) is 127 Å². The maximum atomic E-state index is 13.1. The molecule has 0 aromatic heterocycles. The first kappa shape index (κ1) is 21.2. The van der Waals surface area contributed by atoms with Crippen molar-refractivity contribution in [3.05, 3.63) is 58.6 Å². The summed E-state index contributed by atoms with van der Waals surface area (Å²) in [7, 11) is -4.38. The summed E-state index contributed by atoms with van der Waals surface area (Å²) in [5.41, 5.74) is -0.308. The number of hydrogen-bond donors (Lipinski definition) is 1. The van der Waals surface area contributed by atoms with Crippen LogP contribution in [0.25, 0.3) is 0 Å². The van der Waals surface area contributed by atoms with E-state index in [1.165, 1.54) is 43.3 Å². The molecule has 0 amide bonds. The van der Waals surface area contributed by atoms with Crippen LogP contribution >= 0.6 is 0 Å². The van der Waals surface area contributed by atoms with E-state index >= 15 is 0 Å². The van der Waals surface area contributed by atoms with Gasteiger partial charge in [0.05, 0.1) is 22.1 Å². The third-order valence-electron chi connectivity index (χ3n) is 3.86. The van der Waals surface area contributed by atoms with E-state index in [9.17, 15) is 28.4 Å². The molecule has 1 unspecified atom stereocenters. The van der Waals surface area contributed by atoms with Crippen molar-refractivity contribution in [1.29, 1.82) is 0 Å². The second kappa shape index (κ2) is 8.70. The Labute approximate surface area is 162 Å². The van der Waals surface area contributed by atoms with Crippen LogP contribution in [0.4, 0.5) is 11.4 Å². The predicted octanol–water partition coefficient (Wildman–Crippen LogP) is 3.05. The molecule has 0 bridgehead atoms. The molecular weight excluding hydrogens is 388 g/mol. The monoisotopic (exact) mass is 408 g/mol. The van der Waals surface area contributed by atoms with E-state index < -0.39 is 32.6 Å². The fraction of sp³-hybridized carbons (Fsp3) is 0.278. The van der Waals surface area contributed by atoms with Crippen molar-refractivity contribution in [2.75, 3.05) is 10.9 Å². The minimum Gasteiger partial charge on any atom is -0.494 e. The lowest BCUT2D eigenvalue weighted by molar-refractivity contribution is -0.385. The van der Waals surface area contributed by atoms with Crippen LogP contribution in [0.15, 0.2) is 53.4 Å². The second-order valence-corrected chi connectivity index (χ2v) is 7.73. The van der Waals surface area contributed by atoms with Gasteiger partial charge in [0.1, 0.15) is 11.8 Å². The van der Waals surface area contributed by atoms with E-state index in [1.54, 1.807) is 0 Å². The predicted molar refractivity (Wildman–Crippen MR) is 102 cm³/mol. The van der Waals surface area contributed by atoms with Crippen LogP contribution in [-0.4, -0.2) is 37.1 Å². The molecule has 1 atom stereocenters. The van der Waals surface area contributed by atoms with Gasteiger partial charge in [-0.2, -0.15) is 0 Å². The quantitative estimate of drug-likeness (QED) is 0.499. The number of ether oxygens (including phenoxy) is 1. The second-order valence-electron chi connectivity index (χ2n) is 5.91. The summed E-state index contributed by atoms with van der Waals surface area (Å²) < 4.78 is 32.4. The molecule has 1 N–H and O–H groups in total. The van der Waals surface area contributed by atoms with E-state index in [-0.39, 0.29) is 10.6 Å². The van der Waals surface area contributed by atoms with Gasteiger partial charge in [-0.25, -0.2) is 13.2 Å². The lowest BCUT2D eigenvalue weighted by atomic mass is 10.2. The normalized spacial score (nSPS) is 12.2. The smallest absolute Gasteiger partial charge is 0.327 e. The number of nitro benzene ring substituents is 1. The highest BCUT2D eigenvalue weighted by molar-refractivity contribution is 7.93. The molecule has 0 radical (unpaired) electrons. The molecule has 28 heavy (non-hydrogen) atoms. The molecule has 2 aromatic carbocycles. The highest BCUT2D eigenvalue weighted by Gasteiger charge is 2.34. The molecule has 0 spiro atoms. The third kappa shape index (κ3) is 4.58. The Bertz CT molecular complexity index is 958. The number of benzene rings is 2. The molecule has 2 aromatic rings. The van der Waals surface area contributed by atoms with Gasteiger partial charge in [0.25, 0.3) is 15.7 Å². The lowest BCUT2D eigenvalue weighted by Crippen LogP contribution is -2.43. The van der Waals surface area contributed by atoms with Crippen molar-refractivity contribution in [1.82, 2.24) is 0 Å². The van der Waals surface area contributed by atoms with E-state index in [1.807, 2.05) is 6.92 Å². The SMILES string of the molecule is CCCOc1ccc(N(C(C)C(=O)O)S(=O)(=O)c2cccc([N+](=O)[O-])c2)cc1. The summed E-state index contributed by atoms with van der Waals surface area (Å²) in [4.78, 5) is 21.4. The molecule has 9 nitrogen and oxygen atoms in total. The van der Waals surface area contributed by atoms with Crippen LogP contribution in [0.3, 0.4) is 0 Å². The zero-order chi connectivity index (χ0) is 20.9. The molecule has 0 fully saturated rings. The van der Waals surface area contributed by atoms with Crippen LogP contribution in [0.1, 0.15) is 20.3 Å². The van der Waals surface area contributed by atoms with Crippen molar-refractivity contribution >= 4 is 27.4 Å². The third-order valence-corrected chi connectivity index (χ3v) is 5.75. The summed E-state index contributed by atoms with van der Waals surface area (Å²) in [5, 5.41) is 20.4. The number of carboxylic acid groups (broad SMARTS) is 1. The molecule has 0 aliphatic carbocycles. The van der Waals surface area contributed by atoms with E-state index in [0.29, 0.717) is 12.4 Å². The molecule has 0 saturated heterocycles. The fourth-order valence-corrected chi connectivity index (χ4v) is 4.10. The number of nitrogens with zero attached hydrogens (tertiary/aromatic N) is 2. The Hall–Kier alpha value is -3.14. The zero-order valence-corrected chi connectivity index (χ0v) is 16.1. The van der Waals surface area contributed by atoms with Crippen LogP contribution in [-0.2, 0) is 14.8 Å². The Balaban J connectivity index is 2.52. The molecule has 0 saturated carbocycles. The van der Waals surface area contributed by atoms with Gasteiger partial charge in [0, 0.05) is 12.1 Å². The fourth-order valence-electron chi connectivity index (χ4n) is 2.45. The highest BCUT2D eigenvalue weighted by atomic mass is 32.2. The molecule has 0 aliphatic rings. The molecule has 0 heterocycles. The van der Waals surface area contributed by atoms with Gasteiger partial charge >= 0.3 is 5.97 Å². The van der Waals surface area contributed by atoms with Crippen LogP contribution in [0.2, 0.25) is 0 Å².